The highest BCUT2D eigenvalue weighted by Gasteiger charge is 2.41. The lowest BCUT2D eigenvalue weighted by atomic mass is 10.1. The third-order valence-corrected chi connectivity index (χ3v) is 7.15. The minimum Gasteiger partial charge on any atom is -0.497 e. The summed E-state index contributed by atoms with van der Waals surface area (Å²) in [5, 5.41) is 13.4. The van der Waals surface area contributed by atoms with Gasteiger partial charge < -0.3 is 10.1 Å². The third-order valence-electron chi connectivity index (χ3n) is 5.46. The lowest BCUT2D eigenvalue weighted by Gasteiger charge is -2.19. The van der Waals surface area contributed by atoms with Gasteiger partial charge in [0, 0.05) is 21.4 Å². The van der Waals surface area contributed by atoms with Gasteiger partial charge in [-0.05, 0) is 79.1 Å². The Balaban J connectivity index is 1.74. The Hall–Kier alpha value is -3.44. The van der Waals surface area contributed by atoms with E-state index in [1.165, 1.54) is 16.7 Å². The summed E-state index contributed by atoms with van der Waals surface area (Å²) in [6.45, 7) is 1.91. The van der Waals surface area contributed by atoms with Gasteiger partial charge in [0.25, 0.3) is 5.91 Å². The Bertz CT molecular complexity index is 1380. The zero-order valence-corrected chi connectivity index (χ0v) is 21.7. The number of nitriles is 1. The van der Waals surface area contributed by atoms with Gasteiger partial charge >= 0.3 is 0 Å². The van der Waals surface area contributed by atoms with Crippen molar-refractivity contribution in [2.24, 2.45) is 0 Å². The standard InChI is InChI=1S/C27H21Cl2N3O3S/c1-16-4-3-5-20(10-16)31-25(33)23(15-30)27-32(21-6-8-22(35-2)9-7-21)26(34)24(36-27)13-17-11-18(28)14-19(29)12-17/h3-12,14,24H,13H2,1-2H3,(H,31,33)/b27-23-. The molecule has 0 radical (unpaired) electrons. The highest BCUT2D eigenvalue weighted by atomic mass is 35.5. The van der Waals surface area contributed by atoms with Gasteiger partial charge in [0.2, 0.25) is 5.91 Å². The van der Waals surface area contributed by atoms with Crippen molar-refractivity contribution in [3.8, 4) is 11.8 Å². The Morgan fingerprint density at radius 1 is 1.11 bits per heavy atom. The van der Waals surface area contributed by atoms with Gasteiger partial charge in [0.1, 0.15) is 22.4 Å². The molecule has 9 heteroatoms. The Morgan fingerprint density at radius 3 is 2.42 bits per heavy atom. The maximum Gasteiger partial charge on any atom is 0.269 e. The molecule has 182 valence electrons. The normalized spacial score (nSPS) is 16.5. The summed E-state index contributed by atoms with van der Waals surface area (Å²) in [5.74, 6) is -0.234. The molecule has 1 aliphatic heterocycles. The number of carbonyl (C=O) groups is 2. The van der Waals surface area contributed by atoms with Crippen molar-refractivity contribution < 1.29 is 14.3 Å². The Labute approximate surface area is 223 Å². The van der Waals surface area contributed by atoms with Crippen molar-refractivity contribution >= 4 is 58.2 Å². The van der Waals surface area contributed by atoms with Gasteiger partial charge in [-0.25, -0.2) is 0 Å². The zero-order chi connectivity index (χ0) is 25.8. The number of amides is 2. The van der Waals surface area contributed by atoms with Crippen LogP contribution in [0.25, 0.3) is 0 Å². The molecule has 1 heterocycles. The van der Waals surface area contributed by atoms with Crippen LogP contribution in [0, 0.1) is 18.3 Å². The van der Waals surface area contributed by atoms with E-state index < -0.39 is 11.2 Å². The number of rotatable bonds is 6. The fourth-order valence-electron chi connectivity index (χ4n) is 3.81. The molecule has 3 aromatic rings. The smallest absolute Gasteiger partial charge is 0.269 e. The van der Waals surface area contributed by atoms with Gasteiger partial charge in [-0.2, -0.15) is 5.26 Å². The summed E-state index contributed by atoms with van der Waals surface area (Å²) >= 11 is 13.5. The van der Waals surface area contributed by atoms with Crippen molar-refractivity contribution in [3.63, 3.8) is 0 Å². The number of methoxy groups -OCH3 is 1. The van der Waals surface area contributed by atoms with E-state index in [4.69, 9.17) is 27.9 Å². The van der Waals surface area contributed by atoms with E-state index >= 15 is 0 Å². The lowest BCUT2D eigenvalue weighted by Crippen LogP contribution is -2.30. The highest BCUT2D eigenvalue weighted by Crippen LogP contribution is 2.42. The number of nitrogens with one attached hydrogen (secondary N) is 1. The second kappa shape index (κ2) is 11.1. The average molecular weight is 538 g/mol. The van der Waals surface area contributed by atoms with Crippen molar-refractivity contribution in [2.45, 2.75) is 18.6 Å². The minimum absolute atomic E-state index is 0.155. The second-order valence-corrected chi connectivity index (χ2v) is 10.1. The average Bonchev–Trinajstić information content (AvgIpc) is 3.14. The fraction of sp³-hybridized carbons (Fsp3) is 0.148. The van der Waals surface area contributed by atoms with Crippen molar-refractivity contribution in [1.29, 1.82) is 5.26 Å². The van der Waals surface area contributed by atoms with Crippen LogP contribution >= 0.6 is 35.0 Å². The van der Waals surface area contributed by atoms with E-state index in [0.29, 0.717) is 33.6 Å². The van der Waals surface area contributed by atoms with E-state index in [9.17, 15) is 14.9 Å². The largest absolute Gasteiger partial charge is 0.497 e. The number of ether oxygens (including phenoxy) is 1. The fourth-order valence-corrected chi connectivity index (χ4v) is 5.69. The molecule has 1 atom stereocenters. The van der Waals surface area contributed by atoms with Crippen LogP contribution in [0.3, 0.4) is 0 Å². The van der Waals surface area contributed by atoms with Crippen LogP contribution in [0.1, 0.15) is 11.1 Å². The van der Waals surface area contributed by atoms with Gasteiger partial charge in [0.05, 0.1) is 12.4 Å². The zero-order valence-electron chi connectivity index (χ0n) is 19.4. The van der Waals surface area contributed by atoms with Crippen LogP contribution in [0.5, 0.6) is 5.75 Å². The number of nitrogens with zero attached hydrogens (tertiary/aromatic N) is 2. The molecule has 3 aromatic carbocycles. The van der Waals surface area contributed by atoms with Gasteiger partial charge in [-0.15, -0.1) is 0 Å². The van der Waals surface area contributed by atoms with Crippen LogP contribution in [0.4, 0.5) is 11.4 Å². The number of carbonyl (C=O) groups excluding carboxylic acids is 2. The maximum absolute atomic E-state index is 13.6. The van der Waals surface area contributed by atoms with E-state index in [0.717, 1.165) is 11.1 Å². The SMILES string of the molecule is COc1ccc(N2C(=O)C(Cc3cc(Cl)cc(Cl)c3)S/C2=C(/C#N)C(=O)Nc2cccc(C)c2)cc1. The van der Waals surface area contributed by atoms with Crippen LogP contribution in [-0.2, 0) is 16.0 Å². The molecule has 0 aromatic heterocycles. The number of hydrogen-bond acceptors (Lipinski definition) is 5. The van der Waals surface area contributed by atoms with Gasteiger partial charge in [0.15, 0.2) is 0 Å². The van der Waals surface area contributed by atoms with E-state index in [1.807, 2.05) is 25.1 Å². The van der Waals surface area contributed by atoms with Crippen LogP contribution in [-0.4, -0.2) is 24.2 Å². The quantitative estimate of drug-likeness (QED) is 0.291. The number of aryl methyl sites for hydroxylation is 1. The summed E-state index contributed by atoms with van der Waals surface area (Å²) < 4.78 is 5.23. The maximum atomic E-state index is 13.6. The second-order valence-electron chi connectivity index (χ2n) is 8.08. The molecule has 0 aliphatic carbocycles. The van der Waals surface area contributed by atoms with E-state index in [2.05, 4.69) is 5.32 Å². The number of hydrogen-bond donors (Lipinski definition) is 1. The summed E-state index contributed by atoms with van der Waals surface area (Å²) in [5.41, 5.74) is 2.66. The molecular weight excluding hydrogens is 517 g/mol. The Kier molecular flexibility index (Phi) is 7.90. The molecule has 1 N–H and O–H groups in total. The van der Waals surface area contributed by atoms with E-state index in [-0.39, 0.29) is 16.5 Å². The number of benzene rings is 3. The number of thioether (sulfide) groups is 1. The first-order chi connectivity index (χ1) is 17.3. The highest BCUT2D eigenvalue weighted by molar-refractivity contribution is 8.05. The topological polar surface area (TPSA) is 82.4 Å². The molecule has 2 amide bonds. The molecular formula is C27H21Cl2N3O3S. The molecule has 36 heavy (non-hydrogen) atoms. The van der Waals surface area contributed by atoms with Crippen LogP contribution < -0.4 is 15.0 Å². The first-order valence-electron chi connectivity index (χ1n) is 10.9. The predicted molar refractivity (Wildman–Crippen MR) is 144 cm³/mol. The molecule has 4 rings (SSSR count). The summed E-state index contributed by atoms with van der Waals surface area (Å²) in [7, 11) is 1.55. The van der Waals surface area contributed by atoms with Crippen LogP contribution in [0.2, 0.25) is 10.0 Å². The minimum atomic E-state index is -0.594. The van der Waals surface area contributed by atoms with Crippen molar-refractivity contribution in [2.75, 3.05) is 17.3 Å². The molecule has 0 saturated carbocycles. The molecule has 0 bridgehead atoms. The molecule has 0 spiro atoms. The summed E-state index contributed by atoms with van der Waals surface area (Å²) in [4.78, 5) is 28.2. The first-order valence-corrected chi connectivity index (χ1v) is 12.5. The lowest BCUT2D eigenvalue weighted by molar-refractivity contribution is -0.117. The molecule has 1 unspecified atom stereocenters. The van der Waals surface area contributed by atoms with Crippen molar-refractivity contribution in [1.82, 2.24) is 0 Å². The van der Waals surface area contributed by atoms with Crippen LogP contribution in [0.15, 0.2) is 77.3 Å². The molecule has 1 saturated heterocycles. The molecule has 1 fully saturated rings. The third kappa shape index (κ3) is 5.68. The molecule has 6 nitrogen and oxygen atoms in total. The summed E-state index contributed by atoms with van der Waals surface area (Å²) in [6, 6.07) is 21.2. The van der Waals surface area contributed by atoms with E-state index in [1.54, 1.807) is 61.7 Å². The van der Waals surface area contributed by atoms with Gasteiger partial charge in [-0.3, -0.25) is 14.5 Å². The Morgan fingerprint density at radius 2 is 1.81 bits per heavy atom. The summed E-state index contributed by atoms with van der Waals surface area (Å²) in [6.07, 6.45) is 0.318. The van der Waals surface area contributed by atoms with Crippen molar-refractivity contribution in [3.05, 3.63) is 98.5 Å². The predicted octanol–water partition coefficient (Wildman–Crippen LogP) is 6.38. The molecule has 1 aliphatic rings. The number of anilines is 2. The number of halogens is 2. The monoisotopic (exact) mass is 537 g/mol. The van der Waals surface area contributed by atoms with Gasteiger partial charge in [-0.1, -0.05) is 47.1 Å². The first kappa shape index (κ1) is 25.6.